The van der Waals surface area contributed by atoms with Crippen molar-refractivity contribution in [3.8, 4) is 5.75 Å². The van der Waals surface area contributed by atoms with Crippen molar-refractivity contribution in [3.05, 3.63) is 29.6 Å². The smallest absolute Gasteiger partial charge is 0.163 e. The molecule has 1 heterocycles. The summed E-state index contributed by atoms with van der Waals surface area (Å²) in [6.07, 6.45) is -0.136. The van der Waals surface area contributed by atoms with Gasteiger partial charge in [-0.05, 0) is 32.0 Å². The summed E-state index contributed by atoms with van der Waals surface area (Å²) in [4.78, 5) is 0. The van der Waals surface area contributed by atoms with Crippen molar-refractivity contribution in [2.45, 2.75) is 32.3 Å². The lowest BCUT2D eigenvalue weighted by Gasteiger charge is -2.17. The summed E-state index contributed by atoms with van der Waals surface area (Å²) in [5.41, 5.74) is 0.219. The summed E-state index contributed by atoms with van der Waals surface area (Å²) >= 11 is 0. The standard InChI is InChI=1S/C13H17FO4/c1-13(2)17-8-11(18-13)7-16-10-3-4-12(14)9(5-10)6-15/h3-5,11,15H,6-8H2,1-2H3/t11-/m0/s1. The first-order valence-electron chi connectivity index (χ1n) is 5.84. The number of benzene rings is 1. The number of hydrogen-bond donors (Lipinski definition) is 1. The van der Waals surface area contributed by atoms with Crippen molar-refractivity contribution in [3.63, 3.8) is 0 Å². The van der Waals surface area contributed by atoms with Gasteiger partial charge in [0.15, 0.2) is 5.79 Å². The fraction of sp³-hybridized carbons (Fsp3) is 0.538. The molecule has 1 saturated heterocycles. The molecule has 0 saturated carbocycles. The molecule has 0 amide bonds. The van der Waals surface area contributed by atoms with Crippen LogP contribution < -0.4 is 4.74 Å². The first kappa shape index (κ1) is 13.3. The molecule has 4 nitrogen and oxygen atoms in total. The van der Waals surface area contributed by atoms with Crippen LogP contribution in [0, 0.1) is 5.82 Å². The van der Waals surface area contributed by atoms with Crippen LogP contribution in [0.4, 0.5) is 4.39 Å². The predicted octanol–water partition coefficient (Wildman–Crippen LogP) is 1.85. The van der Waals surface area contributed by atoms with E-state index >= 15 is 0 Å². The van der Waals surface area contributed by atoms with Gasteiger partial charge in [-0.2, -0.15) is 0 Å². The monoisotopic (exact) mass is 256 g/mol. The molecule has 0 spiro atoms. The largest absolute Gasteiger partial charge is 0.491 e. The SMILES string of the molecule is CC1(C)OC[C@H](COc2ccc(F)c(CO)c2)O1. The Morgan fingerprint density at radius 2 is 2.28 bits per heavy atom. The normalized spacial score (nSPS) is 22.1. The van der Waals surface area contributed by atoms with Gasteiger partial charge in [-0.1, -0.05) is 0 Å². The van der Waals surface area contributed by atoms with E-state index in [2.05, 4.69) is 0 Å². The van der Waals surface area contributed by atoms with E-state index in [-0.39, 0.29) is 18.3 Å². The molecular formula is C13H17FO4. The first-order valence-corrected chi connectivity index (χ1v) is 5.84. The second kappa shape index (κ2) is 5.22. The Kier molecular flexibility index (Phi) is 3.85. The molecule has 1 aromatic rings. The predicted molar refractivity (Wildman–Crippen MR) is 62.7 cm³/mol. The summed E-state index contributed by atoms with van der Waals surface area (Å²) < 4.78 is 29.6. The van der Waals surface area contributed by atoms with Crippen LogP contribution in [-0.4, -0.2) is 30.2 Å². The Labute approximate surface area is 105 Å². The van der Waals surface area contributed by atoms with E-state index in [1.165, 1.54) is 18.2 Å². The topological polar surface area (TPSA) is 47.9 Å². The van der Waals surface area contributed by atoms with Crippen LogP contribution in [0.15, 0.2) is 18.2 Å². The second-order valence-corrected chi connectivity index (χ2v) is 4.67. The second-order valence-electron chi connectivity index (χ2n) is 4.67. The summed E-state index contributed by atoms with van der Waals surface area (Å²) in [6.45, 7) is 4.14. The van der Waals surface area contributed by atoms with E-state index in [1.807, 2.05) is 13.8 Å². The van der Waals surface area contributed by atoms with E-state index in [9.17, 15) is 4.39 Å². The van der Waals surface area contributed by atoms with Gasteiger partial charge < -0.3 is 19.3 Å². The van der Waals surface area contributed by atoms with Gasteiger partial charge in [0.05, 0.1) is 13.2 Å². The minimum atomic E-state index is -0.576. The van der Waals surface area contributed by atoms with Gasteiger partial charge in [0.25, 0.3) is 0 Å². The zero-order valence-corrected chi connectivity index (χ0v) is 10.5. The Bertz CT molecular complexity index is 419. The van der Waals surface area contributed by atoms with Gasteiger partial charge in [0.1, 0.15) is 24.3 Å². The van der Waals surface area contributed by atoms with Crippen LogP contribution in [-0.2, 0) is 16.1 Å². The van der Waals surface area contributed by atoms with Crippen molar-refractivity contribution >= 4 is 0 Å². The van der Waals surface area contributed by atoms with Crippen molar-refractivity contribution in [1.29, 1.82) is 0 Å². The molecule has 0 aromatic heterocycles. The molecule has 2 rings (SSSR count). The first-order chi connectivity index (χ1) is 8.50. The fourth-order valence-corrected chi connectivity index (χ4v) is 1.80. The van der Waals surface area contributed by atoms with Gasteiger partial charge in [-0.3, -0.25) is 0 Å². The highest BCUT2D eigenvalue weighted by Crippen LogP contribution is 2.23. The highest BCUT2D eigenvalue weighted by atomic mass is 19.1. The van der Waals surface area contributed by atoms with Gasteiger partial charge >= 0.3 is 0 Å². The van der Waals surface area contributed by atoms with Crippen molar-refractivity contribution < 1.29 is 23.7 Å². The molecule has 1 aromatic carbocycles. The van der Waals surface area contributed by atoms with Crippen LogP contribution in [0.25, 0.3) is 0 Å². The van der Waals surface area contributed by atoms with E-state index < -0.39 is 11.6 Å². The van der Waals surface area contributed by atoms with E-state index in [0.717, 1.165) is 0 Å². The molecule has 0 bridgehead atoms. The van der Waals surface area contributed by atoms with Gasteiger partial charge in [-0.25, -0.2) is 4.39 Å². The molecule has 1 fully saturated rings. The lowest BCUT2D eigenvalue weighted by molar-refractivity contribution is -0.141. The maximum absolute atomic E-state index is 13.2. The van der Waals surface area contributed by atoms with Crippen LogP contribution in [0.2, 0.25) is 0 Å². The average molecular weight is 256 g/mol. The maximum Gasteiger partial charge on any atom is 0.163 e. The molecule has 1 aliphatic rings. The molecule has 1 atom stereocenters. The summed E-state index contributed by atoms with van der Waals surface area (Å²) in [6, 6.07) is 4.28. The van der Waals surface area contributed by atoms with Gasteiger partial charge in [0, 0.05) is 5.56 Å². The number of hydrogen-bond acceptors (Lipinski definition) is 4. The summed E-state index contributed by atoms with van der Waals surface area (Å²) in [5.74, 6) is -0.507. The van der Waals surface area contributed by atoms with Crippen molar-refractivity contribution in [2.75, 3.05) is 13.2 Å². The minimum absolute atomic E-state index is 0.136. The molecule has 0 aliphatic carbocycles. The molecule has 0 unspecified atom stereocenters. The van der Waals surface area contributed by atoms with E-state index in [0.29, 0.717) is 19.0 Å². The minimum Gasteiger partial charge on any atom is -0.491 e. The highest BCUT2D eigenvalue weighted by Gasteiger charge is 2.32. The number of aliphatic hydroxyl groups excluding tert-OH is 1. The number of aliphatic hydroxyl groups is 1. The third-order valence-corrected chi connectivity index (χ3v) is 2.69. The lowest BCUT2D eigenvalue weighted by Crippen LogP contribution is -2.25. The molecule has 1 aliphatic heterocycles. The Balaban J connectivity index is 1.91. The van der Waals surface area contributed by atoms with Crippen LogP contribution in [0.5, 0.6) is 5.75 Å². The third-order valence-electron chi connectivity index (χ3n) is 2.69. The van der Waals surface area contributed by atoms with Crippen LogP contribution in [0.1, 0.15) is 19.4 Å². The van der Waals surface area contributed by atoms with E-state index in [1.54, 1.807) is 0 Å². The number of halogens is 1. The number of rotatable bonds is 4. The zero-order chi connectivity index (χ0) is 13.2. The maximum atomic E-state index is 13.2. The average Bonchev–Trinajstić information content (AvgIpc) is 2.68. The molecule has 1 N–H and O–H groups in total. The quantitative estimate of drug-likeness (QED) is 0.893. The third kappa shape index (κ3) is 3.19. The van der Waals surface area contributed by atoms with Crippen LogP contribution in [0.3, 0.4) is 0 Å². The number of ether oxygens (including phenoxy) is 3. The van der Waals surface area contributed by atoms with Crippen molar-refractivity contribution in [1.82, 2.24) is 0 Å². The zero-order valence-electron chi connectivity index (χ0n) is 10.5. The molecule has 5 heteroatoms. The summed E-state index contributed by atoms with van der Waals surface area (Å²) in [7, 11) is 0. The summed E-state index contributed by atoms with van der Waals surface area (Å²) in [5, 5.41) is 8.95. The van der Waals surface area contributed by atoms with Crippen molar-refractivity contribution in [2.24, 2.45) is 0 Å². The molecule has 0 radical (unpaired) electrons. The highest BCUT2D eigenvalue weighted by molar-refractivity contribution is 5.29. The lowest BCUT2D eigenvalue weighted by atomic mass is 10.2. The molecule has 100 valence electrons. The molecular weight excluding hydrogens is 239 g/mol. The Morgan fingerprint density at radius 3 is 2.89 bits per heavy atom. The Morgan fingerprint density at radius 1 is 1.50 bits per heavy atom. The van der Waals surface area contributed by atoms with E-state index in [4.69, 9.17) is 19.3 Å². The van der Waals surface area contributed by atoms with Crippen LogP contribution >= 0.6 is 0 Å². The molecule has 18 heavy (non-hydrogen) atoms. The van der Waals surface area contributed by atoms with Gasteiger partial charge in [0.2, 0.25) is 0 Å². The Hall–Kier alpha value is -1.17. The fourth-order valence-electron chi connectivity index (χ4n) is 1.80. The van der Waals surface area contributed by atoms with Gasteiger partial charge in [-0.15, -0.1) is 0 Å².